The van der Waals surface area contributed by atoms with Gasteiger partial charge in [-0.25, -0.2) is 0 Å². The maximum Gasteiger partial charge on any atom is 0.166 e. The van der Waals surface area contributed by atoms with Gasteiger partial charge in [-0.1, -0.05) is 0 Å². The molecule has 1 aromatic rings. The van der Waals surface area contributed by atoms with E-state index in [1.54, 1.807) is 7.11 Å². The van der Waals surface area contributed by atoms with E-state index in [2.05, 4.69) is 0 Å². The van der Waals surface area contributed by atoms with Crippen molar-refractivity contribution in [3.8, 4) is 11.5 Å². The number of fused-ring (bicyclic) bond motifs is 2. The molecule has 0 saturated carbocycles. The Labute approximate surface area is 99.3 Å². The van der Waals surface area contributed by atoms with Crippen LogP contribution in [0.4, 0.5) is 0 Å². The van der Waals surface area contributed by atoms with Crippen LogP contribution in [-0.4, -0.2) is 12.9 Å². The average Bonchev–Trinajstić information content (AvgIpc) is 2.37. The lowest BCUT2D eigenvalue weighted by atomic mass is 9.94. The van der Waals surface area contributed by atoms with Crippen molar-refractivity contribution in [1.82, 2.24) is 0 Å². The van der Waals surface area contributed by atoms with Crippen LogP contribution in [0.2, 0.25) is 0 Å². The molecule has 0 amide bonds. The normalized spacial score (nSPS) is 17.4. The van der Waals surface area contributed by atoms with Gasteiger partial charge in [0.25, 0.3) is 0 Å². The molecular formula is C14H12O3. The number of hydrogen-bond acceptors (Lipinski definition) is 3. The molecule has 1 aliphatic heterocycles. The third kappa shape index (κ3) is 1.64. The number of Topliss-reactive ketones (excluding diaryl/α,β-unsaturated/α-hetero) is 1. The van der Waals surface area contributed by atoms with E-state index < -0.39 is 0 Å². The van der Waals surface area contributed by atoms with Crippen LogP contribution in [-0.2, 0) is 4.79 Å². The number of allylic oxidation sites excluding steroid dienone is 2. The second-order valence-corrected chi connectivity index (χ2v) is 4.09. The van der Waals surface area contributed by atoms with Gasteiger partial charge in [0.05, 0.1) is 12.7 Å². The molecule has 0 unspecified atom stereocenters. The van der Waals surface area contributed by atoms with Crippen molar-refractivity contribution in [1.29, 1.82) is 0 Å². The number of ether oxygens (including phenoxy) is 2. The highest BCUT2D eigenvalue weighted by atomic mass is 16.5. The van der Waals surface area contributed by atoms with Crippen LogP contribution < -0.4 is 9.47 Å². The standard InChI is InChI=1S/C14H12O3/c1-16-10-5-6-13-9(7-10)8-11-12(15)3-2-4-14(11)17-13/h4-8H,2-3H2,1H3. The highest BCUT2D eigenvalue weighted by Gasteiger charge is 2.25. The average molecular weight is 228 g/mol. The molecular weight excluding hydrogens is 216 g/mol. The van der Waals surface area contributed by atoms with Crippen molar-refractivity contribution in [3.05, 3.63) is 41.2 Å². The monoisotopic (exact) mass is 228 g/mol. The predicted molar refractivity (Wildman–Crippen MR) is 63.9 cm³/mol. The Kier molecular flexibility index (Phi) is 2.25. The molecule has 3 rings (SSSR count). The number of ketones is 1. The Hall–Kier alpha value is -2.03. The van der Waals surface area contributed by atoms with Gasteiger partial charge in [-0.15, -0.1) is 0 Å². The Balaban J connectivity index is 2.12. The lowest BCUT2D eigenvalue weighted by Crippen LogP contribution is -2.16. The predicted octanol–water partition coefficient (Wildman–Crippen LogP) is 2.72. The number of carbonyl (C=O) groups excluding carboxylic acids is 1. The van der Waals surface area contributed by atoms with Gasteiger partial charge in [0.15, 0.2) is 5.78 Å². The second kappa shape index (κ2) is 3.77. The van der Waals surface area contributed by atoms with Crippen LogP contribution in [0.25, 0.3) is 6.08 Å². The van der Waals surface area contributed by atoms with Gasteiger partial charge in [-0.3, -0.25) is 4.79 Å². The fraction of sp³-hybridized carbons (Fsp3) is 0.214. The lowest BCUT2D eigenvalue weighted by Gasteiger charge is -2.22. The zero-order valence-corrected chi connectivity index (χ0v) is 9.53. The summed E-state index contributed by atoms with van der Waals surface area (Å²) < 4.78 is 10.9. The maximum absolute atomic E-state index is 11.8. The van der Waals surface area contributed by atoms with Gasteiger partial charge in [-0.2, -0.15) is 0 Å². The molecule has 3 heteroatoms. The van der Waals surface area contributed by atoms with E-state index >= 15 is 0 Å². The number of hydrogen-bond donors (Lipinski definition) is 0. The Morgan fingerprint density at radius 3 is 3.06 bits per heavy atom. The molecule has 0 fully saturated rings. The Morgan fingerprint density at radius 2 is 2.24 bits per heavy atom. The fourth-order valence-corrected chi connectivity index (χ4v) is 2.10. The van der Waals surface area contributed by atoms with Crippen molar-refractivity contribution in [2.24, 2.45) is 0 Å². The van der Waals surface area contributed by atoms with E-state index in [1.165, 1.54) is 0 Å². The second-order valence-electron chi connectivity index (χ2n) is 4.09. The maximum atomic E-state index is 11.8. The van der Waals surface area contributed by atoms with Gasteiger partial charge >= 0.3 is 0 Å². The summed E-state index contributed by atoms with van der Waals surface area (Å²) in [4.78, 5) is 11.8. The number of methoxy groups -OCH3 is 1. The van der Waals surface area contributed by atoms with E-state index in [0.29, 0.717) is 17.8 Å². The van der Waals surface area contributed by atoms with E-state index in [1.807, 2.05) is 30.4 Å². The summed E-state index contributed by atoms with van der Waals surface area (Å²) in [6.07, 6.45) is 5.18. The topological polar surface area (TPSA) is 35.5 Å². The molecule has 1 heterocycles. The third-order valence-electron chi connectivity index (χ3n) is 3.00. The van der Waals surface area contributed by atoms with Crippen LogP contribution in [0.15, 0.2) is 35.6 Å². The lowest BCUT2D eigenvalue weighted by molar-refractivity contribution is -0.115. The summed E-state index contributed by atoms with van der Waals surface area (Å²) in [5, 5.41) is 0. The Bertz CT molecular complexity index is 553. The van der Waals surface area contributed by atoms with E-state index in [4.69, 9.17) is 9.47 Å². The van der Waals surface area contributed by atoms with Crippen LogP contribution >= 0.6 is 0 Å². The molecule has 2 aliphatic rings. The number of rotatable bonds is 1. The fourth-order valence-electron chi connectivity index (χ4n) is 2.10. The van der Waals surface area contributed by atoms with Crippen LogP contribution in [0.1, 0.15) is 18.4 Å². The largest absolute Gasteiger partial charge is 0.497 e. The molecule has 0 N–H and O–H groups in total. The first-order chi connectivity index (χ1) is 8.28. The van der Waals surface area contributed by atoms with Crippen molar-refractivity contribution in [2.45, 2.75) is 12.8 Å². The molecule has 1 aromatic carbocycles. The molecule has 0 radical (unpaired) electrons. The van der Waals surface area contributed by atoms with Crippen molar-refractivity contribution >= 4 is 11.9 Å². The molecule has 0 bridgehead atoms. The zero-order valence-electron chi connectivity index (χ0n) is 9.53. The number of carbonyl (C=O) groups is 1. The molecule has 86 valence electrons. The minimum atomic E-state index is 0.149. The molecule has 0 atom stereocenters. The smallest absolute Gasteiger partial charge is 0.166 e. The van der Waals surface area contributed by atoms with Crippen molar-refractivity contribution in [2.75, 3.05) is 7.11 Å². The molecule has 0 spiro atoms. The van der Waals surface area contributed by atoms with Crippen LogP contribution in [0.5, 0.6) is 11.5 Å². The van der Waals surface area contributed by atoms with E-state index in [9.17, 15) is 4.79 Å². The minimum Gasteiger partial charge on any atom is -0.497 e. The van der Waals surface area contributed by atoms with Gasteiger partial charge < -0.3 is 9.47 Å². The SMILES string of the molecule is COc1ccc2c(c1)C=C1C(=O)CCC=C1O2. The van der Waals surface area contributed by atoms with Crippen molar-refractivity contribution < 1.29 is 14.3 Å². The van der Waals surface area contributed by atoms with Crippen LogP contribution in [0.3, 0.4) is 0 Å². The van der Waals surface area contributed by atoms with Crippen molar-refractivity contribution in [3.63, 3.8) is 0 Å². The molecule has 1 aliphatic carbocycles. The molecule has 0 saturated heterocycles. The van der Waals surface area contributed by atoms with Crippen LogP contribution in [0, 0.1) is 0 Å². The molecule has 3 nitrogen and oxygen atoms in total. The highest BCUT2D eigenvalue weighted by molar-refractivity contribution is 6.05. The summed E-state index contributed by atoms with van der Waals surface area (Å²) in [5.41, 5.74) is 1.57. The van der Waals surface area contributed by atoms with E-state index in [0.717, 1.165) is 23.5 Å². The van der Waals surface area contributed by atoms with Gasteiger partial charge in [0.2, 0.25) is 0 Å². The summed E-state index contributed by atoms with van der Waals surface area (Å²) in [5.74, 6) is 2.38. The summed E-state index contributed by atoms with van der Waals surface area (Å²) in [7, 11) is 1.62. The minimum absolute atomic E-state index is 0.149. The Morgan fingerprint density at radius 1 is 1.35 bits per heavy atom. The van der Waals surface area contributed by atoms with Gasteiger partial charge in [0.1, 0.15) is 17.3 Å². The molecule has 0 aromatic heterocycles. The summed E-state index contributed by atoms with van der Waals surface area (Å²) in [6, 6.07) is 5.59. The number of benzene rings is 1. The molecule has 17 heavy (non-hydrogen) atoms. The zero-order chi connectivity index (χ0) is 11.8. The van der Waals surface area contributed by atoms with Gasteiger partial charge in [-0.05, 0) is 36.8 Å². The van der Waals surface area contributed by atoms with Gasteiger partial charge in [0, 0.05) is 12.0 Å². The summed E-state index contributed by atoms with van der Waals surface area (Å²) >= 11 is 0. The third-order valence-corrected chi connectivity index (χ3v) is 3.00. The van der Waals surface area contributed by atoms with E-state index in [-0.39, 0.29) is 5.78 Å². The summed E-state index contributed by atoms with van der Waals surface area (Å²) in [6.45, 7) is 0. The first-order valence-corrected chi connectivity index (χ1v) is 5.59. The highest BCUT2D eigenvalue weighted by Crippen LogP contribution is 2.36. The first kappa shape index (κ1) is 10.1. The first-order valence-electron chi connectivity index (χ1n) is 5.59. The quantitative estimate of drug-likeness (QED) is 0.741.